The number of hydrogen-bond donors (Lipinski definition) is 1. The van der Waals surface area contributed by atoms with E-state index < -0.39 is 29.1 Å². The molecule has 0 bridgehead atoms. The number of carbonyl (C=O) groups is 3. The fourth-order valence-electron chi connectivity index (χ4n) is 4.39. The molecule has 47 heavy (non-hydrogen) atoms. The molecule has 3 heterocycles. The second-order valence-electron chi connectivity index (χ2n) is 11.5. The second kappa shape index (κ2) is 14.6. The van der Waals surface area contributed by atoms with Crippen molar-refractivity contribution >= 4 is 69.4 Å². The first-order valence-corrected chi connectivity index (χ1v) is 16.9. The summed E-state index contributed by atoms with van der Waals surface area (Å²) in [7, 11) is 0. The minimum absolute atomic E-state index is 0.00123. The number of benzene rings is 2. The standard InChI is InChI=1S/C18H20ClNO4S.C16H14ClNO3S/c1-5-23-17(22)18(3,4)24-15(21)10-14-11(2)25-16(20-14)12-6-8-13(19)9-7-12;1-8-12(11-13(19)16(2,3)21-15(11)20)18-14(22-8)9-4-6-10(17)7-5-9/h6-9H,5,10H2,1-4H3;4-7,19H,1-3H3. The molecule has 1 aliphatic heterocycles. The molecule has 0 atom stereocenters. The molecule has 0 spiro atoms. The summed E-state index contributed by atoms with van der Waals surface area (Å²) in [6, 6.07) is 14.7. The lowest BCUT2D eigenvalue weighted by Crippen LogP contribution is -2.39. The Morgan fingerprint density at radius 1 is 0.915 bits per heavy atom. The van der Waals surface area contributed by atoms with E-state index in [1.807, 2.05) is 38.1 Å². The molecular weight excluding hydrogens is 683 g/mol. The van der Waals surface area contributed by atoms with Crippen LogP contribution in [0.4, 0.5) is 0 Å². The van der Waals surface area contributed by atoms with E-state index in [1.165, 1.54) is 36.5 Å². The molecule has 4 aromatic rings. The number of nitrogens with zero attached hydrogens (tertiary/aromatic N) is 2. The summed E-state index contributed by atoms with van der Waals surface area (Å²) in [5.41, 5.74) is 0.777. The molecule has 0 fully saturated rings. The van der Waals surface area contributed by atoms with Gasteiger partial charge in [-0.15, -0.1) is 22.7 Å². The van der Waals surface area contributed by atoms with E-state index in [0.717, 1.165) is 30.9 Å². The normalized spacial score (nSPS) is 13.9. The number of esters is 3. The number of ether oxygens (including phenoxy) is 3. The van der Waals surface area contributed by atoms with Gasteiger partial charge in [-0.05, 0) is 72.7 Å². The van der Waals surface area contributed by atoms with Gasteiger partial charge in [0.25, 0.3) is 0 Å². The average molecular weight is 718 g/mol. The predicted molar refractivity (Wildman–Crippen MR) is 185 cm³/mol. The van der Waals surface area contributed by atoms with Crippen LogP contribution >= 0.6 is 45.9 Å². The molecule has 13 heteroatoms. The van der Waals surface area contributed by atoms with Crippen LogP contribution < -0.4 is 0 Å². The van der Waals surface area contributed by atoms with Gasteiger partial charge in [-0.1, -0.05) is 47.5 Å². The third kappa shape index (κ3) is 8.58. The molecule has 0 radical (unpaired) electrons. The molecule has 2 aromatic carbocycles. The van der Waals surface area contributed by atoms with E-state index in [9.17, 15) is 19.5 Å². The van der Waals surface area contributed by atoms with Crippen LogP contribution in [0.5, 0.6) is 0 Å². The molecule has 248 valence electrons. The number of aromatic nitrogens is 2. The quantitative estimate of drug-likeness (QED) is 0.141. The highest BCUT2D eigenvalue weighted by Gasteiger charge is 2.43. The van der Waals surface area contributed by atoms with Crippen molar-refractivity contribution in [2.24, 2.45) is 0 Å². The van der Waals surface area contributed by atoms with Crippen molar-refractivity contribution in [1.82, 2.24) is 9.97 Å². The van der Waals surface area contributed by atoms with E-state index in [1.54, 1.807) is 45.0 Å². The van der Waals surface area contributed by atoms with Crippen LogP contribution in [-0.4, -0.2) is 50.8 Å². The summed E-state index contributed by atoms with van der Waals surface area (Å²) in [5.74, 6) is -1.71. The number of cyclic esters (lactones) is 1. The maximum absolute atomic E-state index is 12.2. The van der Waals surface area contributed by atoms with E-state index in [4.69, 9.17) is 37.4 Å². The summed E-state index contributed by atoms with van der Waals surface area (Å²) in [6.07, 6.45) is -0.00123. The van der Waals surface area contributed by atoms with Gasteiger partial charge in [-0.25, -0.2) is 19.6 Å². The summed E-state index contributed by atoms with van der Waals surface area (Å²) < 4.78 is 15.4. The molecule has 0 aliphatic carbocycles. The number of aliphatic hydroxyl groups is 1. The van der Waals surface area contributed by atoms with E-state index >= 15 is 0 Å². The molecule has 0 unspecified atom stereocenters. The van der Waals surface area contributed by atoms with Crippen LogP contribution in [0.2, 0.25) is 10.0 Å². The topological polar surface area (TPSA) is 125 Å². The zero-order chi connectivity index (χ0) is 34.7. The lowest BCUT2D eigenvalue weighted by molar-refractivity contribution is -0.177. The minimum Gasteiger partial charge on any atom is -0.507 e. The highest BCUT2D eigenvalue weighted by Crippen LogP contribution is 2.39. The molecule has 2 aromatic heterocycles. The largest absolute Gasteiger partial charge is 0.507 e. The molecular formula is C34H34Cl2N2O7S2. The Bertz CT molecular complexity index is 1830. The number of aliphatic hydroxyl groups excluding tert-OH is 1. The van der Waals surface area contributed by atoms with E-state index in [2.05, 4.69) is 9.97 Å². The van der Waals surface area contributed by atoms with Gasteiger partial charge in [0.2, 0.25) is 5.60 Å². The third-order valence-electron chi connectivity index (χ3n) is 6.92. The van der Waals surface area contributed by atoms with Crippen LogP contribution in [0.25, 0.3) is 26.7 Å². The zero-order valence-corrected chi connectivity index (χ0v) is 30.0. The van der Waals surface area contributed by atoms with Gasteiger partial charge in [0, 0.05) is 30.9 Å². The minimum atomic E-state index is -1.32. The van der Waals surface area contributed by atoms with Gasteiger partial charge in [-0.2, -0.15) is 0 Å². The highest BCUT2D eigenvalue weighted by molar-refractivity contribution is 7.15. The fraction of sp³-hybridized carbons (Fsp3) is 0.324. The number of carbonyl (C=O) groups excluding carboxylic acids is 3. The molecule has 0 saturated carbocycles. The lowest BCUT2D eigenvalue weighted by atomic mass is 10.0. The highest BCUT2D eigenvalue weighted by atomic mass is 35.5. The van der Waals surface area contributed by atoms with Crippen molar-refractivity contribution in [3.8, 4) is 21.1 Å². The zero-order valence-electron chi connectivity index (χ0n) is 26.9. The van der Waals surface area contributed by atoms with Crippen molar-refractivity contribution in [3.05, 3.63) is 85.5 Å². The maximum atomic E-state index is 12.2. The Labute approximate surface area is 291 Å². The molecule has 0 amide bonds. The Morgan fingerprint density at radius 3 is 1.91 bits per heavy atom. The molecule has 1 N–H and O–H groups in total. The molecule has 0 saturated heterocycles. The smallest absolute Gasteiger partial charge is 0.349 e. The van der Waals surface area contributed by atoms with Gasteiger partial charge in [0.05, 0.1) is 24.4 Å². The average Bonchev–Trinajstić information content (AvgIpc) is 3.61. The van der Waals surface area contributed by atoms with Crippen molar-refractivity contribution in [2.75, 3.05) is 6.61 Å². The van der Waals surface area contributed by atoms with Crippen LogP contribution in [0.3, 0.4) is 0 Å². The predicted octanol–water partition coefficient (Wildman–Crippen LogP) is 8.58. The van der Waals surface area contributed by atoms with Crippen LogP contribution in [0.1, 0.15) is 55.8 Å². The summed E-state index contributed by atoms with van der Waals surface area (Å²) in [4.78, 5) is 46.9. The van der Waals surface area contributed by atoms with Gasteiger partial charge >= 0.3 is 17.9 Å². The number of thiazole rings is 2. The van der Waals surface area contributed by atoms with Crippen molar-refractivity contribution in [1.29, 1.82) is 0 Å². The number of hydrogen-bond acceptors (Lipinski definition) is 11. The van der Waals surface area contributed by atoms with Crippen LogP contribution in [0, 0.1) is 13.8 Å². The first-order chi connectivity index (χ1) is 22.0. The second-order valence-corrected chi connectivity index (χ2v) is 14.7. The van der Waals surface area contributed by atoms with Gasteiger partial charge in [-0.3, -0.25) is 4.79 Å². The Kier molecular flexibility index (Phi) is 11.2. The SMILES string of the molecule is CCOC(=O)C(C)(C)OC(=O)Cc1nc(-c2ccc(Cl)cc2)sc1C.Cc1sc(-c2ccc(Cl)cc2)nc1C1=C(O)C(C)(C)OC1=O. The first kappa shape index (κ1) is 36.1. The number of rotatable bonds is 8. The van der Waals surface area contributed by atoms with E-state index in [0.29, 0.717) is 21.4 Å². The van der Waals surface area contributed by atoms with Crippen molar-refractivity contribution in [2.45, 2.75) is 66.1 Å². The first-order valence-electron chi connectivity index (χ1n) is 14.5. The lowest BCUT2D eigenvalue weighted by Gasteiger charge is -2.22. The Morgan fingerprint density at radius 2 is 1.43 bits per heavy atom. The van der Waals surface area contributed by atoms with Gasteiger partial charge in [0.15, 0.2) is 11.4 Å². The number of aryl methyl sites for hydroxylation is 2. The molecule has 1 aliphatic rings. The summed E-state index contributed by atoms with van der Waals surface area (Å²) >= 11 is 14.7. The Hall–Kier alpha value is -3.77. The Balaban J connectivity index is 0.000000214. The molecule has 5 rings (SSSR count). The van der Waals surface area contributed by atoms with Gasteiger partial charge in [0.1, 0.15) is 15.6 Å². The third-order valence-corrected chi connectivity index (χ3v) is 9.50. The summed E-state index contributed by atoms with van der Waals surface area (Å²) in [6.45, 7) is 12.0. The maximum Gasteiger partial charge on any atom is 0.349 e. The molecule has 9 nitrogen and oxygen atoms in total. The van der Waals surface area contributed by atoms with Crippen LogP contribution in [0.15, 0.2) is 54.3 Å². The van der Waals surface area contributed by atoms with Gasteiger partial charge < -0.3 is 19.3 Å². The summed E-state index contributed by atoms with van der Waals surface area (Å²) in [5, 5.41) is 13.1. The van der Waals surface area contributed by atoms with Crippen molar-refractivity contribution in [3.63, 3.8) is 0 Å². The van der Waals surface area contributed by atoms with Crippen LogP contribution in [-0.2, 0) is 35.0 Å². The van der Waals surface area contributed by atoms with E-state index in [-0.39, 0.29) is 24.4 Å². The number of halogens is 2. The monoisotopic (exact) mass is 716 g/mol. The fourth-order valence-corrected chi connectivity index (χ4v) is 6.51. The van der Waals surface area contributed by atoms with Crippen molar-refractivity contribution < 1.29 is 33.7 Å².